The number of benzene rings is 2. The van der Waals surface area contributed by atoms with E-state index in [2.05, 4.69) is 48.2 Å². The Morgan fingerprint density at radius 3 is 2.10 bits per heavy atom. The van der Waals surface area contributed by atoms with Gasteiger partial charge in [0.25, 0.3) is 0 Å². The lowest BCUT2D eigenvalue weighted by atomic mass is 9.71. The molecule has 0 radical (unpaired) electrons. The maximum Gasteiger partial charge on any atom is 0.237 e. The number of hydrogen-bond acceptors (Lipinski definition) is 3. The van der Waals surface area contributed by atoms with Gasteiger partial charge in [-0.2, -0.15) is 0 Å². The Morgan fingerprint density at radius 1 is 0.900 bits per heavy atom. The summed E-state index contributed by atoms with van der Waals surface area (Å²) in [5, 5.41) is 3.46. The standard InChI is InChI=1S/C25H36N2O2S/c1-18-7-6-8-24(19(18)2)21-11-15-22(16-12-21)26-17-20-9-13-23(14-10-20)27-30(28,29)25(3,4)5/h9-16,18-19,24,26-27H,6-8,17H2,1-5H3. The molecule has 0 spiro atoms. The lowest BCUT2D eigenvalue weighted by Crippen LogP contribution is -2.33. The summed E-state index contributed by atoms with van der Waals surface area (Å²) in [5.74, 6) is 2.22. The lowest BCUT2D eigenvalue weighted by molar-refractivity contribution is 0.238. The summed E-state index contributed by atoms with van der Waals surface area (Å²) in [6, 6.07) is 16.4. The lowest BCUT2D eigenvalue weighted by Gasteiger charge is -2.34. The summed E-state index contributed by atoms with van der Waals surface area (Å²) in [6.07, 6.45) is 3.98. The highest BCUT2D eigenvalue weighted by Gasteiger charge is 2.29. The SMILES string of the molecule is CC1CCCC(c2ccc(NCc3ccc(NS(=O)(=O)C(C)(C)C)cc3)cc2)C1C. The van der Waals surface area contributed by atoms with Crippen LogP contribution in [0.2, 0.25) is 0 Å². The van der Waals surface area contributed by atoms with Crippen LogP contribution in [0.1, 0.15) is 70.9 Å². The van der Waals surface area contributed by atoms with Crippen molar-refractivity contribution in [3.05, 3.63) is 59.7 Å². The molecular formula is C25H36N2O2S. The van der Waals surface area contributed by atoms with Crippen LogP contribution in [-0.4, -0.2) is 13.2 Å². The molecule has 2 aromatic carbocycles. The van der Waals surface area contributed by atoms with Gasteiger partial charge in [-0.05, 0) is 80.3 Å². The number of anilines is 2. The highest BCUT2D eigenvalue weighted by atomic mass is 32.2. The number of hydrogen-bond donors (Lipinski definition) is 2. The fourth-order valence-corrected chi connectivity index (χ4v) is 4.86. The molecule has 0 bridgehead atoms. The van der Waals surface area contributed by atoms with E-state index in [-0.39, 0.29) is 0 Å². The average Bonchev–Trinajstić information content (AvgIpc) is 2.69. The molecule has 0 aromatic heterocycles. The third kappa shape index (κ3) is 5.37. The van der Waals surface area contributed by atoms with E-state index in [0.717, 1.165) is 23.1 Å². The van der Waals surface area contributed by atoms with Gasteiger partial charge < -0.3 is 5.32 Å². The first kappa shape index (κ1) is 22.7. The smallest absolute Gasteiger partial charge is 0.237 e. The van der Waals surface area contributed by atoms with Gasteiger partial charge in [-0.25, -0.2) is 8.42 Å². The first-order valence-electron chi connectivity index (χ1n) is 11.0. The number of sulfonamides is 1. The number of nitrogens with one attached hydrogen (secondary N) is 2. The average molecular weight is 429 g/mol. The zero-order chi connectivity index (χ0) is 21.9. The van der Waals surface area contributed by atoms with Gasteiger partial charge in [0, 0.05) is 17.9 Å². The van der Waals surface area contributed by atoms with E-state index in [9.17, 15) is 8.42 Å². The zero-order valence-electron chi connectivity index (χ0n) is 18.9. The monoisotopic (exact) mass is 428 g/mol. The second kappa shape index (κ2) is 9.01. The van der Waals surface area contributed by atoms with Crippen LogP contribution < -0.4 is 10.0 Å². The van der Waals surface area contributed by atoms with Gasteiger partial charge in [0.2, 0.25) is 10.0 Å². The van der Waals surface area contributed by atoms with E-state index < -0.39 is 14.8 Å². The van der Waals surface area contributed by atoms with Crippen LogP contribution in [0.25, 0.3) is 0 Å². The molecule has 2 N–H and O–H groups in total. The largest absolute Gasteiger partial charge is 0.381 e. The van der Waals surface area contributed by atoms with Crippen molar-refractivity contribution < 1.29 is 8.42 Å². The van der Waals surface area contributed by atoms with E-state index in [1.807, 2.05) is 24.3 Å². The van der Waals surface area contributed by atoms with E-state index >= 15 is 0 Å². The molecule has 1 saturated carbocycles. The second-order valence-corrected chi connectivity index (χ2v) is 12.2. The van der Waals surface area contributed by atoms with E-state index in [1.165, 1.54) is 24.8 Å². The van der Waals surface area contributed by atoms with Crippen molar-refractivity contribution in [2.45, 2.75) is 71.1 Å². The van der Waals surface area contributed by atoms with Gasteiger partial charge in [0.05, 0.1) is 4.75 Å². The first-order valence-corrected chi connectivity index (χ1v) is 12.5. The molecule has 30 heavy (non-hydrogen) atoms. The molecule has 0 aliphatic heterocycles. The Kier molecular flexibility index (Phi) is 6.81. The van der Waals surface area contributed by atoms with Crippen LogP contribution in [0.15, 0.2) is 48.5 Å². The molecule has 1 fully saturated rings. The van der Waals surface area contributed by atoms with Crippen LogP contribution in [0, 0.1) is 11.8 Å². The zero-order valence-corrected chi connectivity index (χ0v) is 19.7. The summed E-state index contributed by atoms with van der Waals surface area (Å²) < 4.78 is 26.4. The summed E-state index contributed by atoms with van der Waals surface area (Å²) >= 11 is 0. The molecule has 164 valence electrons. The van der Waals surface area contributed by atoms with Crippen molar-refractivity contribution in [1.29, 1.82) is 0 Å². The Balaban J connectivity index is 1.57. The topological polar surface area (TPSA) is 58.2 Å². The molecule has 1 aliphatic rings. The molecular weight excluding hydrogens is 392 g/mol. The summed E-state index contributed by atoms with van der Waals surface area (Å²) in [6.45, 7) is 10.5. The normalized spacial score (nSPS) is 22.5. The molecule has 0 heterocycles. The van der Waals surface area contributed by atoms with Gasteiger partial charge in [-0.15, -0.1) is 0 Å². The molecule has 0 amide bonds. The highest BCUT2D eigenvalue weighted by Crippen LogP contribution is 2.41. The van der Waals surface area contributed by atoms with Gasteiger partial charge in [0.15, 0.2) is 0 Å². The second-order valence-electron chi connectivity index (χ2n) is 9.76. The Morgan fingerprint density at radius 2 is 1.50 bits per heavy atom. The fourth-order valence-electron chi connectivity index (χ4n) is 4.10. The van der Waals surface area contributed by atoms with Gasteiger partial charge in [-0.3, -0.25) is 4.72 Å². The van der Waals surface area contributed by atoms with Crippen molar-refractivity contribution in [3.8, 4) is 0 Å². The van der Waals surface area contributed by atoms with Crippen LogP contribution >= 0.6 is 0 Å². The maximum atomic E-state index is 12.3. The van der Waals surface area contributed by atoms with Crippen LogP contribution in [0.3, 0.4) is 0 Å². The Bertz CT molecular complexity index is 929. The fraction of sp³-hybridized carbons (Fsp3) is 0.520. The Labute approximate surface area is 182 Å². The molecule has 5 heteroatoms. The van der Waals surface area contributed by atoms with Gasteiger partial charge >= 0.3 is 0 Å². The highest BCUT2D eigenvalue weighted by molar-refractivity contribution is 7.94. The minimum Gasteiger partial charge on any atom is -0.381 e. The quantitative estimate of drug-likeness (QED) is 0.561. The Hall–Kier alpha value is -2.01. The van der Waals surface area contributed by atoms with E-state index in [4.69, 9.17) is 0 Å². The minimum absolute atomic E-state index is 0.592. The van der Waals surface area contributed by atoms with E-state index in [1.54, 1.807) is 20.8 Å². The molecule has 2 aromatic rings. The van der Waals surface area contributed by atoms with Gasteiger partial charge in [-0.1, -0.05) is 51.0 Å². The summed E-state index contributed by atoms with van der Waals surface area (Å²) in [5.41, 5.74) is 4.25. The molecule has 3 atom stereocenters. The molecule has 3 rings (SSSR count). The van der Waals surface area contributed by atoms with Crippen LogP contribution in [-0.2, 0) is 16.6 Å². The van der Waals surface area contributed by atoms with Crippen molar-refractivity contribution in [2.75, 3.05) is 10.0 Å². The third-order valence-electron chi connectivity index (χ3n) is 6.55. The van der Waals surface area contributed by atoms with Crippen LogP contribution in [0.4, 0.5) is 11.4 Å². The van der Waals surface area contributed by atoms with Crippen molar-refractivity contribution in [2.24, 2.45) is 11.8 Å². The molecule has 4 nitrogen and oxygen atoms in total. The van der Waals surface area contributed by atoms with E-state index in [0.29, 0.717) is 18.2 Å². The maximum absolute atomic E-state index is 12.3. The molecule has 1 aliphatic carbocycles. The minimum atomic E-state index is -3.41. The molecule has 3 unspecified atom stereocenters. The van der Waals surface area contributed by atoms with Crippen molar-refractivity contribution in [1.82, 2.24) is 0 Å². The third-order valence-corrected chi connectivity index (χ3v) is 8.67. The molecule has 0 saturated heterocycles. The van der Waals surface area contributed by atoms with Gasteiger partial charge in [0.1, 0.15) is 0 Å². The first-order chi connectivity index (χ1) is 14.1. The number of rotatable bonds is 6. The van der Waals surface area contributed by atoms with Crippen molar-refractivity contribution >= 4 is 21.4 Å². The summed E-state index contributed by atoms with van der Waals surface area (Å²) in [7, 11) is -3.41. The predicted octanol–water partition coefficient (Wildman–Crippen LogP) is 6.38. The predicted molar refractivity (Wildman–Crippen MR) is 127 cm³/mol. The summed E-state index contributed by atoms with van der Waals surface area (Å²) in [4.78, 5) is 0. The van der Waals surface area contributed by atoms with Crippen LogP contribution in [0.5, 0.6) is 0 Å². The van der Waals surface area contributed by atoms with Crippen molar-refractivity contribution in [3.63, 3.8) is 0 Å².